The molecule has 1 aromatic carbocycles. The lowest BCUT2D eigenvalue weighted by Crippen LogP contribution is -2.68. The van der Waals surface area contributed by atoms with Gasteiger partial charge in [0.1, 0.15) is 12.3 Å². The number of nitrogens with zero attached hydrogens (tertiary/aromatic N) is 3. The van der Waals surface area contributed by atoms with Gasteiger partial charge in [-0.2, -0.15) is 0 Å². The van der Waals surface area contributed by atoms with Gasteiger partial charge in [-0.3, -0.25) is 14.5 Å². The van der Waals surface area contributed by atoms with Gasteiger partial charge >= 0.3 is 6.09 Å². The summed E-state index contributed by atoms with van der Waals surface area (Å²) < 4.78 is 18.0. The highest BCUT2D eigenvalue weighted by atomic mass is 80.0. The zero-order valence-electron chi connectivity index (χ0n) is 19.6. The summed E-state index contributed by atoms with van der Waals surface area (Å²) in [6.45, 7) is 3.94. The van der Waals surface area contributed by atoms with Crippen molar-refractivity contribution in [1.82, 2.24) is 15.5 Å². The molecule has 9 nitrogen and oxygen atoms in total. The number of benzene rings is 1. The van der Waals surface area contributed by atoms with E-state index in [1.165, 1.54) is 23.6 Å². The Labute approximate surface area is 254 Å². The van der Waals surface area contributed by atoms with Gasteiger partial charge in [-0.25, -0.2) is 14.1 Å². The third-order valence-electron chi connectivity index (χ3n) is 5.82. The number of carbonyl (C=O) groups is 3. The van der Waals surface area contributed by atoms with E-state index in [4.69, 9.17) is 39.5 Å². The van der Waals surface area contributed by atoms with Crippen molar-refractivity contribution in [1.29, 1.82) is 0 Å². The Hall–Kier alpha value is -0.570. The first-order valence-corrected chi connectivity index (χ1v) is 14.5. The van der Waals surface area contributed by atoms with Crippen LogP contribution in [0.2, 0.25) is 0 Å². The quantitative estimate of drug-likeness (QED) is 0.325. The minimum Gasteiger partial charge on any atom is -0.442 e. The molecule has 3 amide bonds. The molecular weight excluding hydrogens is 751 g/mol. The molecule has 2 aliphatic heterocycles. The Morgan fingerprint density at radius 3 is 2.30 bits per heavy atom. The van der Waals surface area contributed by atoms with E-state index in [1.807, 2.05) is 4.90 Å². The molecule has 206 valence electrons. The maximum absolute atomic E-state index is 16.0. The van der Waals surface area contributed by atoms with Crippen molar-refractivity contribution in [3.05, 3.63) is 24.3 Å². The largest absolute Gasteiger partial charge is 0.442 e. The van der Waals surface area contributed by atoms with Crippen LogP contribution >= 0.6 is 82.6 Å². The Morgan fingerprint density at radius 2 is 1.78 bits per heavy atom. The Kier molecular flexibility index (Phi) is 9.95. The fourth-order valence-electron chi connectivity index (χ4n) is 4.08. The molecule has 0 aromatic heterocycles. The minimum absolute atomic E-state index is 0.0277. The van der Waals surface area contributed by atoms with Gasteiger partial charge in [-0.15, -0.1) is 0 Å². The van der Waals surface area contributed by atoms with E-state index in [2.05, 4.69) is 58.4 Å². The van der Waals surface area contributed by atoms with Crippen molar-refractivity contribution < 1.29 is 23.5 Å². The van der Waals surface area contributed by atoms with E-state index < -0.39 is 36.0 Å². The standard InChI is InChI=1S/C21H24Br3Cl3FN5O4/c1-12(34)29-9-15-10-32(18(36)37-15)14-5-3-13(4-6-14)31-7-8-33(19(2,28)11-31)16(20(22,23)24)30-17(35)21(25,26)27/h3-6,15-16H,7-11H2,1-2H3,(H,29,34)(H,30,35). The van der Waals surface area contributed by atoms with Crippen molar-refractivity contribution >= 4 is 112 Å². The molecule has 37 heavy (non-hydrogen) atoms. The Balaban J connectivity index is 1.69. The predicted molar refractivity (Wildman–Crippen MR) is 153 cm³/mol. The Morgan fingerprint density at radius 1 is 1.19 bits per heavy atom. The number of nitrogens with one attached hydrogen (secondary N) is 2. The smallest absolute Gasteiger partial charge is 0.414 e. The second-order valence-electron chi connectivity index (χ2n) is 8.74. The fourth-order valence-corrected chi connectivity index (χ4v) is 5.33. The lowest BCUT2D eigenvalue weighted by molar-refractivity contribution is -0.125. The molecule has 3 rings (SSSR count). The molecule has 3 atom stereocenters. The number of rotatable bonds is 6. The Bertz CT molecular complexity index is 1030. The molecule has 2 fully saturated rings. The monoisotopic (exact) mass is 771 g/mol. The number of cyclic esters (lactones) is 1. The molecule has 0 saturated carbocycles. The van der Waals surface area contributed by atoms with Gasteiger partial charge in [-0.1, -0.05) is 82.6 Å². The van der Waals surface area contributed by atoms with E-state index in [-0.39, 0.29) is 25.5 Å². The first-order valence-electron chi connectivity index (χ1n) is 11.0. The third-order valence-corrected chi connectivity index (χ3v) is 7.63. The fraction of sp³-hybridized carbons (Fsp3) is 0.571. The number of carbonyl (C=O) groups excluding carboxylic acids is 3. The normalized spacial score (nSPS) is 24.0. The molecule has 2 saturated heterocycles. The molecule has 0 radical (unpaired) electrons. The maximum atomic E-state index is 16.0. The molecule has 0 aliphatic carbocycles. The van der Waals surface area contributed by atoms with E-state index in [0.717, 1.165) is 5.69 Å². The highest BCUT2D eigenvalue weighted by Gasteiger charge is 2.49. The van der Waals surface area contributed by atoms with Gasteiger partial charge in [0, 0.05) is 31.4 Å². The van der Waals surface area contributed by atoms with E-state index in [0.29, 0.717) is 18.8 Å². The zero-order valence-corrected chi connectivity index (χ0v) is 26.6. The zero-order chi connectivity index (χ0) is 27.8. The van der Waals surface area contributed by atoms with Crippen LogP contribution in [0.5, 0.6) is 0 Å². The number of anilines is 2. The van der Waals surface area contributed by atoms with Gasteiger partial charge in [0.2, 0.25) is 5.91 Å². The van der Waals surface area contributed by atoms with Crippen LogP contribution < -0.4 is 20.4 Å². The molecule has 3 unspecified atom stereocenters. The van der Waals surface area contributed by atoms with E-state index in [1.54, 1.807) is 24.3 Å². The topological polar surface area (TPSA) is 94.2 Å². The second kappa shape index (κ2) is 11.9. The summed E-state index contributed by atoms with van der Waals surface area (Å²) in [5.41, 5.74) is 1.37. The van der Waals surface area contributed by atoms with Crippen molar-refractivity contribution in [3.63, 3.8) is 0 Å². The molecule has 2 aliphatic rings. The van der Waals surface area contributed by atoms with Crippen LogP contribution in [-0.4, -0.2) is 79.5 Å². The van der Waals surface area contributed by atoms with Gasteiger partial charge in [0.25, 0.3) is 9.70 Å². The molecule has 16 heteroatoms. The van der Waals surface area contributed by atoms with Gasteiger partial charge < -0.3 is 20.3 Å². The van der Waals surface area contributed by atoms with Gasteiger partial charge in [-0.05, 0) is 31.2 Å². The van der Waals surface area contributed by atoms with Crippen molar-refractivity contribution in [2.75, 3.05) is 42.5 Å². The van der Waals surface area contributed by atoms with E-state index in [9.17, 15) is 14.4 Å². The number of halogens is 7. The molecule has 2 N–H and O–H groups in total. The molecule has 0 bridgehead atoms. The number of ether oxygens (including phenoxy) is 1. The lowest BCUT2D eigenvalue weighted by atomic mass is 10.1. The summed E-state index contributed by atoms with van der Waals surface area (Å²) in [5.74, 6) is -3.01. The minimum atomic E-state index is -2.22. The van der Waals surface area contributed by atoms with Crippen molar-refractivity contribution in [2.45, 2.75) is 37.8 Å². The summed E-state index contributed by atoms with van der Waals surface area (Å²) >= 11 is 27.2. The second-order valence-corrected chi connectivity index (χ2v) is 18.0. The summed E-state index contributed by atoms with van der Waals surface area (Å²) in [6.07, 6.45) is -1.92. The summed E-state index contributed by atoms with van der Waals surface area (Å²) in [6, 6.07) is 7.09. The number of alkyl halides is 7. The van der Waals surface area contributed by atoms with Gasteiger partial charge in [0.15, 0.2) is 7.94 Å². The molecular formula is C21H24Br3Cl3FN5O4. The third kappa shape index (κ3) is 7.98. The van der Waals surface area contributed by atoms with E-state index >= 15 is 4.39 Å². The van der Waals surface area contributed by atoms with Crippen LogP contribution in [0, 0.1) is 0 Å². The summed E-state index contributed by atoms with van der Waals surface area (Å²) in [4.78, 5) is 40.5. The highest BCUT2D eigenvalue weighted by molar-refractivity contribution is 9.39. The van der Waals surface area contributed by atoms with Crippen LogP contribution in [0.15, 0.2) is 24.3 Å². The van der Waals surface area contributed by atoms with Crippen molar-refractivity contribution in [2.24, 2.45) is 0 Å². The first kappa shape index (κ1) is 31.0. The SMILES string of the molecule is CC(=O)NCC1CN(c2ccc(N3CCN(C(NC(=O)C(Cl)(Cl)Cl)C(Br)(Br)Br)C(C)(F)C3)cc2)C(=O)O1. The molecule has 0 spiro atoms. The molecule has 1 aromatic rings. The van der Waals surface area contributed by atoms with Gasteiger partial charge in [0.05, 0.1) is 19.6 Å². The predicted octanol–water partition coefficient (Wildman–Crippen LogP) is 4.61. The number of hydrogen-bond acceptors (Lipinski definition) is 6. The first-order chi connectivity index (χ1) is 17.0. The average molecular weight is 776 g/mol. The molecule has 2 heterocycles. The van der Waals surface area contributed by atoms with Crippen molar-refractivity contribution in [3.8, 4) is 0 Å². The number of piperazine rings is 1. The number of hydrogen-bond donors (Lipinski definition) is 2. The van der Waals surface area contributed by atoms with Crippen LogP contribution in [0.4, 0.5) is 20.6 Å². The maximum Gasteiger partial charge on any atom is 0.414 e. The lowest BCUT2D eigenvalue weighted by Gasteiger charge is -2.50. The summed E-state index contributed by atoms with van der Waals surface area (Å²) in [5, 5.41) is 5.20. The van der Waals surface area contributed by atoms with Crippen LogP contribution in [-0.2, 0) is 14.3 Å². The van der Waals surface area contributed by atoms with Crippen LogP contribution in [0.3, 0.4) is 0 Å². The van der Waals surface area contributed by atoms with Crippen LogP contribution in [0.1, 0.15) is 13.8 Å². The highest BCUT2D eigenvalue weighted by Crippen LogP contribution is 2.43. The average Bonchev–Trinajstić information content (AvgIpc) is 3.15. The number of amides is 3. The van der Waals surface area contributed by atoms with Crippen LogP contribution in [0.25, 0.3) is 0 Å². The summed E-state index contributed by atoms with van der Waals surface area (Å²) in [7, 11) is 0.